The highest BCUT2D eigenvalue weighted by Gasteiger charge is 2.13. The SMILES string of the molecule is CCOc1cc(/C=N\Nc2nc(-c3ccc([N+](=O)[O-])cc3)cs2)ccc1OC(=O)c1ccccc1. The van der Waals surface area contributed by atoms with Crippen LogP contribution in [0.25, 0.3) is 11.3 Å². The van der Waals surface area contributed by atoms with Gasteiger partial charge in [-0.05, 0) is 55.0 Å². The number of esters is 1. The minimum Gasteiger partial charge on any atom is -0.490 e. The third-order valence-corrected chi connectivity index (χ3v) is 5.48. The quantitative estimate of drug-likeness (QED) is 0.104. The van der Waals surface area contributed by atoms with Gasteiger partial charge in [0.1, 0.15) is 0 Å². The van der Waals surface area contributed by atoms with Crippen molar-refractivity contribution in [1.29, 1.82) is 0 Å². The lowest BCUT2D eigenvalue weighted by molar-refractivity contribution is -0.384. The molecule has 0 bridgehead atoms. The van der Waals surface area contributed by atoms with Crippen LogP contribution in [0.5, 0.6) is 11.5 Å². The van der Waals surface area contributed by atoms with E-state index < -0.39 is 10.9 Å². The molecular formula is C25H20N4O5S. The molecule has 0 spiro atoms. The van der Waals surface area contributed by atoms with Gasteiger partial charge in [-0.15, -0.1) is 11.3 Å². The molecular weight excluding hydrogens is 468 g/mol. The highest BCUT2D eigenvalue weighted by molar-refractivity contribution is 7.14. The maximum atomic E-state index is 12.4. The van der Waals surface area contributed by atoms with Crippen LogP contribution in [-0.2, 0) is 0 Å². The lowest BCUT2D eigenvalue weighted by Gasteiger charge is -2.11. The fourth-order valence-corrected chi connectivity index (χ4v) is 3.73. The number of hydrazone groups is 1. The Labute approximate surface area is 204 Å². The minimum atomic E-state index is -0.470. The summed E-state index contributed by atoms with van der Waals surface area (Å²) in [7, 11) is 0. The van der Waals surface area contributed by atoms with E-state index in [0.717, 1.165) is 11.1 Å². The van der Waals surface area contributed by atoms with Crippen molar-refractivity contribution in [2.75, 3.05) is 12.0 Å². The number of nitrogens with zero attached hydrogens (tertiary/aromatic N) is 3. The molecule has 35 heavy (non-hydrogen) atoms. The highest BCUT2D eigenvalue weighted by atomic mass is 32.1. The fourth-order valence-electron chi connectivity index (χ4n) is 3.06. The smallest absolute Gasteiger partial charge is 0.343 e. The molecule has 4 rings (SSSR count). The number of rotatable bonds is 9. The van der Waals surface area contributed by atoms with Gasteiger partial charge in [-0.25, -0.2) is 9.78 Å². The number of hydrogen-bond donors (Lipinski definition) is 1. The third-order valence-electron chi connectivity index (χ3n) is 4.73. The summed E-state index contributed by atoms with van der Waals surface area (Å²) in [5.74, 6) is 0.274. The van der Waals surface area contributed by atoms with Gasteiger partial charge in [0.15, 0.2) is 11.5 Å². The number of hydrogen-bond acceptors (Lipinski definition) is 9. The summed E-state index contributed by atoms with van der Waals surface area (Å²) in [6.07, 6.45) is 1.60. The zero-order valence-electron chi connectivity index (χ0n) is 18.6. The molecule has 9 nitrogen and oxygen atoms in total. The summed E-state index contributed by atoms with van der Waals surface area (Å²) in [5.41, 5.74) is 5.53. The largest absolute Gasteiger partial charge is 0.490 e. The fraction of sp³-hybridized carbons (Fsp3) is 0.0800. The number of nitro groups is 1. The second kappa shape index (κ2) is 11.0. The lowest BCUT2D eigenvalue weighted by Crippen LogP contribution is -2.09. The zero-order chi connectivity index (χ0) is 24.6. The molecule has 0 aliphatic heterocycles. The van der Waals surface area contributed by atoms with Crippen molar-refractivity contribution in [2.24, 2.45) is 5.10 Å². The predicted molar refractivity (Wildman–Crippen MR) is 134 cm³/mol. The van der Waals surface area contributed by atoms with Crippen molar-refractivity contribution in [3.8, 4) is 22.8 Å². The number of non-ortho nitro benzene ring substituents is 1. The van der Waals surface area contributed by atoms with Gasteiger partial charge in [0, 0.05) is 23.1 Å². The van der Waals surface area contributed by atoms with E-state index in [-0.39, 0.29) is 5.69 Å². The minimum absolute atomic E-state index is 0.0270. The molecule has 0 fully saturated rings. The van der Waals surface area contributed by atoms with Crippen molar-refractivity contribution in [2.45, 2.75) is 6.92 Å². The number of carbonyl (C=O) groups excluding carboxylic acids is 1. The average Bonchev–Trinajstić information content (AvgIpc) is 3.35. The van der Waals surface area contributed by atoms with Crippen LogP contribution in [0, 0.1) is 10.1 Å². The van der Waals surface area contributed by atoms with Crippen LogP contribution in [0.3, 0.4) is 0 Å². The van der Waals surface area contributed by atoms with E-state index in [1.165, 1.54) is 23.5 Å². The van der Waals surface area contributed by atoms with E-state index in [1.54, 1.807) is 60.8 Å². The lowest BCUT2D eigenvalue weighted by atomic mass is 10.1. The van der Waals surface area contributed by atoms with Gasteiger partial charge in [0.05, 0.1) is 29.0 Å². The van der Waals surface area contributed by atoms with Crippen LogP contribution < -0.4 is 14.9 Å². The van der Waals surface area contributed by atoms with E-state index in [4.69, 9.17) is 9.47 Å². The number of nitrogens with one attached hydrogen (secondary N) is 1. The van der Waals surface area contributed by atoms with Crippen molar-refractivity contribution in [3.63, 3.8) is 0 Å². The normalized spacial score (nSPS) is 10.8. The monoisotopic (exact) mass is 488 g/mol. The second-order valence-corrected chi connectivity index (χ2v) is 7.96. The molecule has 0 amide bonds. The Bertz CT molecular complexity index is 1350. The van der Waals surface area contributed by atoms with Crippen LogP contribution in [0.4, 0.5) is 10.8 Å². The number of anilines is 1. The number of carbonyl (C=O) groups is 1. The Morgan fingerprint density at radius 3 is 2.60 bits per heavy atom. The Morgan fingerprint density at radius 1 is 1.11 bits per heavy atom. The topological polar surface area (TPSA) is 116 Å². The van der Waals surface area contributed by atoms with Crippen LogP contribution in [0.2, 0.25) is 0 Å². The van der Waals surface area contributed by atoms with Crippen molar-refractivity contribution in [1.82, 2.24) is 4.98 Å². The summed E-state index contributed by atoms with van der Waals surface area (Å²) >= 11 is 1.36. The molecule has 10 heteroatoms. The Balaban J connectivity index is 1.42. The molecule has 3 aromatic carbocycles. The number of benzene rings is 3. The molecule has 1 aromatic heterocycles. The first kappa shape index (κ1) is 23.6. The third kappa shape index (κ3) is 6.06. The van der Waals surface area contributed by atoms with Gasteiger partial charge in [-0.3, -0.25) is 15.5 Å². The van der Waals surface area contributed by atoms with Crippen LogP contribution >= 0.6 is 11.3 Å². The van der Waals surface area contributed by atoms with Crippen molar-refractivity contribution in [3.05, 3.63) is 99.4 Å². The Morgan fingerprint density at radius 2 is 1.89 bits per heavy atom. The summed E-state index contributed by atoms with van der Waals surface area (Å²) in [5, 5.41) is 17.4. The molecule has 176 valence electrons. The van der Waals surface area contributed by atoms with Gasteiger partial charge in [0.25, 0.3) is 5.69 Å². The Kier molecular flexibility index (Phi) is 7.44. The van der Waals surface area contributed by atoms with Gasteiger partial charge in [-0.2, -0.15) is 5.10 Å². The molecule has 0 aliphatic carbocycles. The summed E-state index contributed by atoms with van der Waals surface area (Å²) in [6, 6.07) is 20.1. The van der Waals surface area contributed by atoms with E-state index in [2.05, 4.69) is 15.5 Å². The van der Waals surface area contributed by atoms with E-state index in [1.807, 2.05) is 18.4 Å². The molecule has 0 saturated carbocycles. The van der Waals surface area contributed by atoms with Crippen LogP contribution in [0.1, 0.15) is 22.8 Å². The first-order chi connectivity index (χ1) is 17.0. The van der Waals surface area contributed by atoms with E-state index >= 15 is 0 Å². The molecule has 0 saturated heterocycles. The second-order valence-electron chi connectivity index (χ2n) is 7.11. The van der Waals surface area contributed by atoms with Crippen LogP contribution in [0.15, 0.2) is 83.3 Å². The average molecular weight is 489 g/mol. The maximum Gasteiger partial charge on any atom is 0.343 e. The van der Waals surface area contributed by atoms with E-state index in [0.29, 0.717) is 34.5 Å². The first-order valence-electron chi connectivity index (χ1n) is 10.6. The van der Waals surface area contributed by atoms with Crippen molar-refractivity contribution >= 4 is 34.3 Å². The molecule has 4 aromatic rings. The van der Waals surface area contributed by atoms with Crippen molar-refractivity contribution < 1.29 is 19.2 Å². The first-order valence-corrected chi connectivity index (χ1v) is 11.4. The van der Waals surface area contributed by atoms with Gasteiger partial charge in [-0.1, -0.05) is 18.2 Å². The van der Waals surface area contributed by atoms with Gasteiger partial charge < -0.3 is 9.47 Å². The summed E-state index contributed by atoms with van der Waals surface area (Å²) in [4.78, 5) is 27.2. The number of nitro benzene ring substituents is 1. The summed E-state index contributed by atoms with van der Waals surface area (Å²) < 4.78 is 11.2. The number of thiazole rings is 1. The van der Waals surface area contributed by atoms with Gasteiger partial charge >= 0.3 is 5.97 Å². The predicted octanol–water partition coefficient (Wildman–Crippen LogP) is 5.78. The molecule has 0 atom stereocenters. The van der Waals surface area contributed by atoms with Gasteiger partial charge in [0.2, 0.25) is 5.13 Å². The van der Waals surface area contributed by atoms with Crippen LogP contribution in [-0.4, -0.2) is 28.7 Å². The molecule has 0 aliphatic rings. The zero-order valence-corrected chi connectivity index (χ0v) is 19.4. The number of aromatic nitrogens is 1. The molecule has 1 heterocycles. The van der Waals surface area contributed by atoms with E-state index in [9.17, 15) is 14.9 Å². The summed E-state index contributed by atoms with van der Waals surface area (Å²) in [6.45, 7) is 2.25. The maximum absolute atomic E-state index is 12.4. The molecule has 0 radical (unpaired) electrons. The molecule has 1 N–H and O–H groups in total. The Hall–Kier alpha value is -4.57. The highest BCUT2D eigenvalue weighted by Crippen LogP contribution is 2.29. The number of ether oxygens (including phenoxy) is 2. The molecule has 0 unspecified atom stereocenters. The standard InChI is InChI=1S/C25H20N4O5S/c1-2-33-23-14-17(8-13-22(23)34-24(30)19-6-4-3-5-7-19)15-26-28-25-27-21(16-35-25)18-9-11-20(12-10-18)29(31)32/h3-16H,2H2,1H3,(H,27,28)/b26-15-.